The summed E-state index contributed by atoms with van der Waals surface area (Å²) in [4.78, 5) is 11.6. The number of aliphatic hydroxyl groups excluding tert-OH is 1. The smallest absolute Gasteiger partial charge is 0.242 e. The van der Waals surface area contributed by atoms with Crippen LogP contribution >= 0.6 is 11.6 Å². The van der Waals surface area contributed by atoms with E-state index in [1.54, 1.807) is 0 Å². The van der Waals surface area contributed by atoms with E-state index in [9.17, 15) is 4.79 Å². The number of hydrogen-bond acceptors (Lipinski definition) is 2. The fraction of sp³-hybridized carbons (Fsp3) is 0.417. The molecule has 0 fully saturated rings. The first-order chi connectivity index (χ1) is 7.65. The topological polar surface area (TPSA) is 49.3 Å². The number of benzene rings is 1. The van der Waals surface area contributed by atoms with Gasteiger partial charge in [-0.05, 0) is 11.5 Å². The van der Waals surface area contributed by atoms with Crippen LogP contribution in [0.3, 0.4) is 0 Å². The van der Waals surface area contributed by atoms with Crippen LogP contribution in [0.5, 0.6) is 0 Å². The number of hydrogen-bond donors (Lipinski definition) is 2. The minimum absolute atomic E-state index is 0.0450. The predicted molar refractivity (Wildman–Crippen MR) is 64.3 cm³/mol. The van der Waals surface area contributed by atoms with Gasteiger partial charge < -0.3 is 10.4 Å². The van der Waals surface area contributed by atoms with Crippen molar-refractivity contribution in [1.82, 2.24) is 5.32 Å². The average Bonchev–Trinajstić information content (AvgIpc) is 2.35. The molecule has 0 aliphatic heterocycles. The van der Waals surface area contributed by atoms with Crippen molar-refractivity contribution in [1.29, 1.82) is 0 Å². The Bertz CT molecular complexity index is 329. The van der Waals surface area contributed by atoms with Crippen molar-refractivity contribution in [2.45, 2.75) is 12.3 Å². The summed E-state index contributed by atoms with van der Waals surface area (Å²) in [6, 6.07) is 9.18. The third kappa shape index (κ3) is 3.83. The van der Waals surface area contributed by atoms with Gasteiger partial charge >= 0.3 is 0 Å². The second-order valence-electron chi connectivity index (χ2n) is 3.81. The fourth-order valence-electron chi connectivity index (χ4n) is 1.20. The van der Waals surface area contributed by atoms with Crippen molar-refractivity contribution < 1.29 is 9.90 Å². The molecule has 2 unspecified atom stereocenters. The molecule has 1 amide bonds. The van der Waals surface area contributed by atoms with Gasteiger partial charge in [0.25, 0.3) is 0 Å². The normalized spacial score (nSPS) is 14.2. The zero-order chi connectivity index (χ0) is 12.0. The number of carbonyl (C=O) groups is 1. The minimum atomic E-state index is -0.674. The van der Waals surface area contributed by atoms with E-state index < -0.39 is 5.38 Å². The molecule has 1 aromatic rings. The first kappa shape index (κ1) is 13.0. The van der Waals surface area contributed by atoms with Crippen LogP contribution in [0.1, 0.15) is 17.9 Å². The van der Waals surface area contributed by atoms with Crippen molar-refractivity contribution in [3.8, 4) is 0 Å². The Kier molecular flexibility index (Phi) is 5.29. The predicted octanol–water partition coefficient (Wildman–Crippen LogP) is 1.71. The Morgan fingerprint density at radius 1 is 1.44 bits per heavy atom. The monoisotopic (exact) mass is 241 g/mol. The van der Waals surface area contributed by atoms with Crippen LogP contribution in [0, 0.1) is 5.92 Å². The zero-order valence-electron chi connectivity index (χ0n) is 9.19. The number of nitrogens with one attached hydrogen (secondary N) is 1. The number of halogens is 1. The number of carbonyl (C=O) groups excluding carboxylic acids is 1. The third-order valence-corrected chi connectivity index (χ3v) is 2.71. The summed E-state index contributed by atoms with van der Waals surface area (Å²) < 4.78 is 0. The summed E-state index contributed by atoms with van der Waals surface area (Å²) in [5, 5.41) is 10.8. The number of alkyl halides is 1. The molecule has 0 spiro atoms. The first-order valence-corrected chi connectivity index (χ1v) is 5.66. The molecule has 2 N–H and O–H groups in total. The van der Waals surface area contributed by atoms with Crippen molar-refractivity contribution >= 4 is 17.5 Å². The van der Waals surface area contributed by atoms with Crippen molar-refractivity contribution in [3.63, 3.8) is 0 Å². The first-order valence-electron chi connectivity index (χ1n) is 5.22. The molecular formula is C12H16ClNO2. The molecule has 0 aromatic heterocycles. The highest BCUT2D eigenvalue weighted by Crippen LogP contribution is 2.19. The average molecular weight is 242 g/mol. The lowest BCUT2D eigenvalue weighted by atomic mass is 10.1. The standard InChI is InChI=1S/C12H16ClNO2/c1-9(8-15)7-14-12(16)11(13)10-5-3-2-4-6-10/h2-6,9,11,15H,7-8H2,1H3,(H,14,16). The SMILES string of the molecule is CC(CO)CNC(=O)C(Cl)c1ccccc1. The van der Waals surface area contributed by atoms with E-state index in [1.165, 1.54) is 0 Å². The molecule has 1 rings (SSSR count). The van der Waals surface area contributed by atoms with Gasteiger partial charge in [0.15, 0.2) is 0 Å². The highest BCUT2D eigenvalue weighted by atomic mass is 35.5. The van der Waals surface area contributed by atoms with Crippen molar-refractivity contribution in [2.24, 2.45) is 5.92 Å². The third-order valence-electron chi connectivity index (χ3n) is 2.26. The van der Waals surface area contributed by atoms with Gasteiger partial charge in [-0.3, -0.25) is 4.79 Å². The minimum Gasteiger partial charge on any atom is -0.396 e. The maximum atomic E-state index is 11.6. The van der Waals surface area contributed by atoms with E-state index >= 15 is 0 Å². The van der Waals surface area contributed by atoms with Crippen LogP contribution in [-0.4, -0.2) is 24.2 Å². The fourth-order valence-corrected chi connectivity index (χ4v) is 1.42. The van der Waals surface area contributed by atoms with E-state index in [0.29, 0.717) is 6.54 Å². The van der Waals surface area contributed by atoms with E-state index in [4.69, 9.17) is 16.7 Å². The van der Waals surface area contributed by atoms with Gasteiger partial charge in [-0.25, -0.2) is 0 Å². The lowest BCUT2D eigenvalue weighted by Gasteiger charge is -2.13. The van der Waals surface area contributed by atoms with Crippen LogP contribution in [0.25, 0.3) is 0 Å². The van der Waals surface area contributed by atoms with Gasteiger partial charge in [0.05, 0.1) is 0 Å². The molecule has 0 bridgehead atoms. The number of amides is 1. The molecular weight excluding hydrogens is 226 g/mol. The van der Waals surface area contributed by atoms with Crippen LogP contribution < -0.4 is 5.32 Å². The van der Waals surface area contributed by atoms with Crippen molar-refractivity contribution in [2.75, 3.05) is 13.2 Å². The van der Waals surface area contributed by atoms with Crippen LogP contribution in [0.2, 0.25) is 0 Å². The largest absolute Gasteiger partial charge is 0.396 e. The Balaban J connectivity index is 2.49. The Hall–Kier alpha value is -1.06. The molecule has 4 heteroatoms. The van der Waals surface area contributed by atoms with E-state index in [2.05, 4.69) is 5.32 Å². The van der Waals surface area contributed by atoms with Gasteiger partial charge in [0, 0.05) is 13.2 Å². The van der Waals surface area contributed by atoms with Gasteiger partial charge in [0.2, 0.25) is 5.91 Å². The van der Waals surface area contributed by atoms with E-state index in [-0.39, 0.29) is 18.4 Å². The van der Waals surface area contributed by atoms with Crippen LogP contribution in [0.4, 0.5) is 0 Å². The molecule has 0 aliphatic rings. The molecule has 16 heavy (non-hydrogen) atoms. The summed E-state index contributed by atoms with van der Waals surface area (Å²) in [5.41, 5.74) is 0.776. The highest BCUT2D eigenvalue weighted by Gasteiger charge is 2.17. The molecule has 0 saturated heterocycles. The zero-order valence-corrected chi connectivity index (χ0v) is 9.95. The Morgan fingerprint density at radius 2 is 2.06 bits per heavy atom. The maximum absolute atomic E-state index is 11.6. The second kappa shape index (κ2) is 6.51. The molecule has 2 atom stereocenters. The summed E-state index contributed by atoms with van der Waals surface area (Å²) in [6.07, 6.45) is 0. The Morgan fingerprint density at radius 3 is 2.62 bits per heavy atom. The van der Waals surface area contributed by atoms with E-state index in [0.717, 1.165) is 5.56 Å². The molecule has 1 aromatic carbocycles. The Labute approximate surface area is 100 Å². The lowest BCUT2D eigenvalue weighted by molar-refractivity contribution is -0.121. The molecule has 0 heterocycles. The molecule has 0 aliphatic carbocycles. The summed E-state index contributed by atoms with van der Waals surface area (Å²) in [7, 11) is 0. The number of rotatable bonds is 5. The quantitative estimate of drug-likeness (QED) is 0.772. The van der Waals surface area contributed by atoms with Crippen LogP contribution in [0.15, 0.2) is 30.3 Å². The molecule has 88 valence electrons. The maximum Gasteiger partial charge on any atom is 0.242 e. The molecule has 3 nitrogen and oxygen atoms in total. The summed E-state index contributed by atoms with van der Waals surface area (Å²) in [6.45, 7) is 2.34. The number of aliphatic hydroxyl groups is 1. The van der Waals surface area contributed by atoms with E-state index in [1.807, 2.05) is 37.3 Å². The lowest BCUT2D eigenvalue weighted by Crippen LogP contribution is -2.31. The van der Waals surface area contributed by atoms with Gasteiger partial charge in [-0.15, -0.1) is 11.6 Å². The van der Waals surface area contributed by atoms with Gasteiger partial charge in [-0.2, -0.15) is 0 Å². The van der Waals surface area contributed by atoms with Gasteiger partial charge in [-0.1, -0.05) is 37.3 Å². The van der Waals surface area contributed by atoms with Crippen molar-refractivity contribution in [3.05, 3.63) is 35.9 Å². The summed E-state index contributed by atoms with van der Waals surface area (Å²) >= 11 is 6.01. The molecule has 0 radical (unpaired) electrons. The highest BCUT2D eigenvalue weighted by molar-refractivity contribution is 6.30. The summed E-state index contributed by atoms with van der Waals surface area (Å²) in [5.74, 6) is -0.184. The van der Waals surface area contributed by atoms with Gasteiger partial charge in [0.1, 0.15) is 5.38 Å². The second-order valence-corrected chi connectivity index (χ2v) is 4.24. The van der Waals surface area contributed by atoms with Crippen LogP contribution in [-0.2, 0) is 4.79 Å². The molecule has 0 saturated carbocycles.